The molecule has 2 N–H and O–H groups in total. The molecular formula is C17H20ClF3N2O5S. The second-order valence-electron chi connectivity index (χ2n) is 6.61. The van der Waals surface area contributed by atoms with E-state index in [1.54, 1.807) is 0 Å². The zero-order valence-corrected chi connectivity index (χ0v) is 16.8. The van der Waals surface area contributed by atoms with Gasteiger partial charge in [0, 0.05) is 32.0 Å². The molecule has 1 aromatic rings. The molecule has 1 heterocycles. The van der Waals surface area contributed by atoms with Gasteiger partial charge in [0.2, 0.25) is 15.9 Å². The van der Waals surface area contributed by atoms with Crippen LogP contribution in [-0.2, 0) is 25.8 Å². The monoisotopic (exact) mass is 456 g/mol. The standard InChI is InChI=1S/C17H20ClF3N2O5S/c18-14-4-3-12(10-13(14)17(19,20)21)29(27,28)23-8-5-11(6-9-23)16(26)22-7-1-2-15(24)25/h3-4,10-11H,1-2,5-9H2,(H,22,26)(H,24,25). The molecule has 7 nitrogen and oxygen atoms in total. The molecule has 0 atom stereocenters. The number of aliphatic carboxylic acids is 1. The summed E-state index contributed by atoms with van der Waals surface area (Å²) in [6.07, 6.45) is -4.15. The molecular weight excluding hydrogens is 437 g/mol. The molecule has 0 radical (unpaired) electrons. The number of amides is 1. The third kappa shape index (κ3) is 6.06. The summed E-state index contributed by atoms with van der Waals surface area (Å²) in [6, 6.07) is 2.43. The van der Waals surface area contributed by atoms with Crippen molar-refractivity contribution < 1.29 is 36.3 Å². The number of hydrogen-bond acceptors (Lipinski definition) is 4. The first-order valence-corrected chi connectivity index (χ1v) is 10.6. The number of sulfonamides is 1. The third-order valence-electron chi connectivity index (χ3n) is 4.57. The van der Waals surface area contributed by atoms with Crippen LogP contribution in [0.3, 0.4) is 0 Å². The summed E-state index contributed by atoms with van der Waals surface area (Å²) in [5.41, 5.74) is -1.23. The molecule has 0 spiro atoms. The zero-order chi connectivity index (χ0) is 21.8. The summed E-state index contributed by atoms with van der Waals surface area (Å²) in [4.78, 5) is 22.0. The number of alkyl halides is 3. The molecule has 1 amide bonds. The minimum absolute atomic E-state index is 0.0144. The number of hydrogen-bond donors (Lipinski definition) is 2. The highest BCUT2D eigenvalue weighted by molar-refractivity contribution is 7.89. The van der Waals surface area contributed by atoms with Crippen molar-refractivity contribution in [1.82, 2.24) is 9.62 Å². The smallest absolute Gasteiger partial charge is 0.417 e. The van der Waals surface area contributed by atoms with Crippen molar-refractivity contribution in [3.63, 3.8) is 0 Å². The number of piperidine rings is 1. The van der Waals surface area contributed by atoms with Gasteiger partial charge in [-0.2, -0.15) is 17.5 Å². The van der Waals surface area contributed by atoms with Crippen molar-refractivity contribution >= 4 is 33.5 Å². The first kappa shape index (κ1) is 23.4. The van der Waals surface area contributed by atoms with Gasteiger partial charge in [-0.1, -0.05) is 11.6 Å². The van der Waals surface area contributed by atoms with Gasteiger partial charge in [0.25, 0.3) is 0 Å². The Morgan fingerprint density at radius 2 is 1.86 bits per heavy atom. The Hall–Kier alpha value is -1.85. The predicted molar refractivity (Wildman–Crippen MR) is 97.8 cm³/mol. The van der Waals surface area contributed by atoms with Crippen molar-refractivity contribution in [2.45, 2.75) is 36.8 Å². The van der Waals surface area contributed by atoms with Crippen LogP contribution in [0, 0.1) is 5.92 Å². The molecule has 0 aromatic heterocycles. The van der Waals surface area contributed by atoms with Gasteiger partial charge >= 0.3 is 12.1 Å². The Labute approximate surface area is 170 Å². The normalized spacial score (nSPS) is 16.6. The number of carbonyl (C=O) groups is 2. The maximum absolute atomic E-state index is 13.0. The van der Waals surface area contributed by atoms with Gasteiger partial charge in [-0.15, -0.1) is 0 Å². The van der Waals surface area contributed by atoms with Crippen LogP contribution in [-0.4, -0.2) is 49.3 Å². The lowest BCUT2D eigenvalue weighted by Gasteiger charge is -2.30. The number of rotatable bonds is 7. The lowest BCUT2D eigenvalue weighted by molar-refractivity contribution is -0.138. The Morgan fingerprint density at radius 1 is 1.24 bits per heavy atom. The number of carbonyl (C=O) groups excluding carboxylic acids is 1. The fourth-order valence-corrected chi connectivity index (χ4v) is 4.71. The van der Waals surface area contributed by atoms with E-state index in [2.05, 4.69) is 5.32 Å². The summed E-state index contributed by atoms with van der Waals surface area (Å²) >= 11 is 5.53. The molecule has 1 saturated heterocycles. The topological polar surface area (TPSA) is 104 Å². The molecule has 29 heavy (non-hydrogen) atoms. The highest BCUT2D eigenvalue weighted by Gasteiger charge is 2.37. The van der Waals surface area contributed by atoms with Crippen LogP contribution >= 0.6 is 11.6 Å². The van der Waals surface area contributed by atoms with Gasteiger partial charge in [0.15, 0.2) is 0 Å². The number of nitrogens with zero attached hydrogens (tertiary/aromatic N) is 1. The zero-order valence-electron chi connectivity index (χ0n) is 15.2. The summed E-state index contributed by atoms with van der Waals surface area (Å²) in [7, 11) is -4.16. The molecule has 0 bridgehead atoms. The van der Waals surface area contributed by atoms with Crippen LogP contribution in [0.2, 0.25) is 5.02 Å². The van der Waals surface area contributed by atoms with E-state index in [1.165, 1.54) is 0 Å². The van der Waals surface area contributed by atoms with Crippen LogP contribution in [0.4, 0.5) is 13.2 Å². The molecule has 0 unspecified atom stereocenters. The summed E-state index contributed by atoms with van der Waals surface area (Å²) in [5, 5.41) is 10.6. The number of nitrogens with one attached hydrogen (secondary N) is 1. The molecule has 1 aliphatic heterocycles. The average molecular weight is 457 g/mol. The maximum atomic E-state index is 13.0. The summed E-state index contributed by atoms with van der Waals surface area (Å²) in [6.45, 7) is 0.174. The summed E-state index contributed by atoms with van der Waals surface area (Å²) < 4.78 is 65.4. The Balaban J connectivity index is 2.00. The van der Waals surface area contributed by atoms with Gasteiger partial charge in [0.1, 0.15) is 0 Å². The van der Waals surface area contributed by atoms with Crippen molar-refractivity contribution in [2.75, 3.05) is 19.6 Å². The van der Waals surface area contributed by atoms with Crippen LogP contribution in [0.25, 0.3) is 0 Å². The molecule has 162 valence electrons. The second-order valence-corrected chi connectivity index (χ2v) is 8.95. The summed E-state index contributed by atoms with van der Waals surface area (Å²) in [5.74, 6) is -1.70. The highest BCUT2D eigenvalue weighted by atomic mass is 35.5. The maximum Gasteiger partial charge on any atom is 0.417 e. The number of benzene rings is 1. The third-order valence-corrected chi connectivity index (χ3v) is 6.80. The van der Waals surface area contributed by atoms with Gasteiger partial charge in [-0.3, -0.25) is 9.59 Å². The Kier molecular flexibility index (Phi) is 7.52. The average Bonchev–Trinajstić information content (AvgIpc) is 2.64. The molecule has 0 saturated carbocycles. The van der Waals surface area contributed by atoms with Crippen molar-refractivity contribution in [1.29, 1.82) is 0 Å². The van der Waals surface area contributed by atoms with E-state index in [4.69, 9.17) is 16.7 Å². The molecule has 0 aliphatic carbocycles. The van der Waals surface area contributed by atoms with E-state index in [0.29, 0.717) is 6.07 Å². The molecule has 2 rings (SSSR count). The van der Waals surface area contributed by atoms with E-state index in [1.807, 2.05) is 0 Å². The Morgan fingerprint density at radius 3 is 2.41 bits per heavy atom. The van der Waals surface area contributed by atoms with Crippen molar-refractivity contribution in [2.24, 2.45) is 5.92 Å². The van der Waals surface area contributed by atoms with E-state index in [0.717, 1.165) is 16.4 Å². The van der Waals surface area contributed by atoms with E-state index < -0.39 is 43.6 Å². The molecule has 1 fully saturated rings. The van der Waals surface area contributed by atoms with Gasteiger partial charge < -0.3 is 10.4 Å². The SMILES string of the molecule is O=C(O)CCCNC(=O)C1CCN(S(=O)(=O)c2ccc(Cl)c(C(F)(F)F)c2)CC1. The van der Waals surface area contributed by atoms with Crippen LogP contribution < -0.4 is 5.32 Å². The largest absolute Gasteiger partial charge is 0.481 e. The minimum Gasteiger partial charge on any atom is -0.481 e. The van der Waals surface area contributed by atoms with Gasteiger partial charge in [-0.05, 0) is 37.5 Å². The van der Waals surface area contributed by atoms with Crippen LogP contribution in [0.15, 0.2) is 23.1 Å². The number of carboxylic acids is 1. The number of halogens is 4. The number of carboxylic acid groups (broad SMARTS) is 1. The fraction of sp³-hybridized carbons (Fsp3) is 0.529. The van der Waals surface area contributed by atoms with Crippen LogP contribution in [0.1, 0.15) is 31.2 Å². The highest BCUT2D eigenvalue weighted by Crippen LogP contribution is 2.36. The molecule has 12 heteroatoms. The lowest BCUT2D eigenvalue weighted by atomic mass is 9.97. The molecule has 1 aromatic carbocycles. The minimum atomic E-state index is -4.78. The predicted octanol–water partition coefficient (Wildman–Crippen LogP) is 2.74. The van der Waals surface area contributed by atoms with Crippen molar-refractivity contribution in [3.8, 4) is 0 Å². The first-order valence-electron chi connectivity index (χ1n) is 8.79. The van der Waals surface area contributed by atoms with E-state index in [9.17, 15) is 31.2 Å². The quantitative estimate of drug-likeness (QED) is 0.614. The van der Waals surface area contributed by atoms with E-state index >= 15 is 0 Å². The van der Waals surface area contributed by atoms with Crippen molar-refractivity contribution in [3.05, 3.63) is 28.8 Å². The first-order chi connectivity index (χ1) is 13.4. The molecule has 1 aliphatic rings. The van der Waals surface area contributed by atoms with Gasteiger partial charge in [-0.25, -0.2) is 8.42 Å². The van der Waals surface area contributed by atoms with Gasteiger partial charge in [0.05, 0.1) is 15.5 Å². The lowest BCUT2D eigenvalue weighted by Crippen LogP contribution is -2.43. The fourth-order valence-electron chi connectivity index (χ4n) is 2.99. The van der Waals surface area contributed by atoms with Crippen LogP contribution in [0.5, 0.6) is 0 Å². The Bertz CT molecular complexity index is 868. The second kappa shape index (κ2) is 9.31. The van der Waals surface area contributed by atoms with E-state index in [-0.39, 0.29) is 51.2 Å².